The maximum atomic E-state index is 13.7. The van der Waals surface area contributed by atoms with Crippen LogP contribution in [0.2, 0.25) is 0 Å². The molecule has 2 aromatic carbocycles. The first-order valence-corrected chi connectivity index (χ1v) is 9.98. The molecule has 0 aliphatic carbocycles. The van der Waals surface area contributed by atoms with E-state index in [-0.39, 0.29) is 24.0 Å². The van der Waals surface area contributed by atoms with Gasteiger partial charge in [0.05, 0.1) is 0 Å². The average Bonchev–Trinajstić information content (AvgIpc) is 3.09. The number of likely N-dealkylation sites (tertiary alicyclic amines) is 1. The van der Waals surface area contributed by atoms with E-state index >= 15 is 0 Å². The van der Waals surface area contributed by atoms with Gasteiger partial charge >= 0.3 is 0 Å². The highest BCUT2D eigenvalue weighted by atomic mass is 19.1. The van der Waals surface area contributed by atoms with Crippen LogP contribution >= 0.6 is 0 Å². The van der Waals surface area contributed by atoms with E-state index in [1.165, 1.54) is 17.7 Å². The minimum atomic E-state index is -0.802. The second-order valence-corrected chi connectivity index (χ2v) is 7.35. The van der Waals surface area contributed by atoms with Gasteiger partial charge < -0.3 is 14.2 Å². The van der Waals surface area contributed by atoms with Gasteiger partial charge in [-0.05, 0) is 42.9 Å². The minimum Gasteiger partial charge on any atom is -0.479 e. The van der Waals surface area contributed by atoms with Crippen molar-refractivity contribution in [1.29, 1.82) is 0 Å². The summed E-state index contributed by atoms with van der Waals surface area (Å²) < 4.78 is 37.6. The molecule has 1 saturated heterocycles. The van der Waals surface area contributed by atoms with Crippen molar-refractivity contribution in [3.05, 3.63) is 83.2 Å². The van der Waals surface area contributed by atoms with Crippen molar-refractivity contribution in [1.82, 2.24) is 10.1 Å². The SMILES string of the molecule is O=C(c1cc(COc2c(F)cccc2F)on1)N1CCC[C@@H](c2ccccc2)CC1. The third kappa shape index (κ3) is 4.50. The quantitative estimate of drug-likeness (QED) is 0.596. The van der Waals surface area contributed by atoms with Crippen molar-refractivity contribution in [2.24, 2.45) is 0 Å². The second-order valence-electron chi connectivity index (χ2n) is 7.35. The Kier molecular flexibility index (Phi) is 6.07. The number of benzene rings is 2. The summed E-state index contributed by atoms with van der Waals surface area (Å²) in [6.07, 6.45) is 2.82. The maximum Gasteiger partial charge on any atom is 0.276 e. The highest BCUT2D eigenvalue weighted by molar-refractivity contribution is 5.92. The summed E-state index contributed by atoms with van der Waals surface area (Å²) >= 11 is 0. The van der Waals surface area contributed by atoms with Gasteiger partial charge in [-0.2, -0.15) is 0 Å². The lowest BCUT2D eigenvalue weighted by molar-refractivity contribution is 0.0750. The van der Waals surface area contributed by atoms with E-state index in [0.29, 0.717) is 19.0 Å². The largest absolute Gasteiger partial charge is 0.479 e. The van der Waals surface area contributed by atoms with Crippen molar-refractivity contribution >= 4 is 5.91 Å². The fourth-order valence-electron chi connectivity index (χ4n) is 3.77. The smallest absolute Gasteiger partial charge is 0.276 e. The Morgan fingerprint density at radius 3 is 2.60 bits per heavy atom. The van der Waals surface area contributed by atoms with E-state index in [1.807, 2.05) is 18.2 Å². The van der Waals surface area contributed by atoms with Crippen LogP contribution < -0.4 is 4.74 Å². The van der Waals surface area contributed by atoms with Crippen molar-refractivity contribution in [3.63, 3.8) is 0 Å². The van der Waals surface area contributed by atoms with Crippen molar-refractivity contribution in [2.45, 2.75) is 31.8 Å². The number of carbonyl (C=O) groups is 1. The first-order chi connectivity index (χ1) is 14.6. The molecular formula is C23H22F2N2O3. The topological polar surface area (TPSA) is 55.6 Å². The van der Waals surface area contributed by atoms with E-state index in [9.17, 15) is 13.6 Å². The summed E-state index contributed by atoms with van der Waals surface area (Å²) in [5.41, 5.74) is 1.47. The van der Waals surface area contributed by atoms with E-state index in [0.717, 1.165) is 31.4 Å². The molecule has 0 saturated carbocycles. The zero-order valence-electron chi connectivity index (χ0n) is 16.4. The van der Waals surface area contributed by atoms with E-state index in [1.54, 1.807) is 4.90 Å². The predicted octanol–water partition coefficient (Wildman–Crippen LogP) is 4.94. The molecule has 1 aliphatic rings. The van der Waals surface area contributed by atoms with Gasteiger partial charge in [0, 0.05) is 19.2 Å². The highest BCUT2D eigenvalue weighted by Gasteiger charge is 2.25. The Morgan fingerprint density at radius 1 is 1.07 bits per heavy atom. The number of rotatable bonds is 5. The molecular weight excluding hydrogens is 390 g/mol. The Hall–Kier alpha value is -3.22. The van der Waals surface area contributed by atoms with Gasteiger partial charge in [-0.15, -0.1) is 0 Å². The van der Waals surface area contributed by atoms with Crippen LogP contribution in [0.5, 0.6) is 5.75 Å². The van der Waals surface area contributed by atoms with Crippen molar-refractivity contribution < 1.29 is 22.8 Å². The van der Waals surface area contributed by atoms with Gasteiger partial charge in [-0.3, -0.25) is 4.79 Å². The molecule has 4 rings (SSSR count). The first-order valence-electron chi connectivity index (χ1n) is 9.98. The molecule has 1 amide bonds. The summed E-state index contributed by atoms with van der Waals surface area (Å²) in [6, 6.07) is 15.3. The van der Waals surface area contributed by atoms with Gasteiger partial charge in [0.15, 0.2) is 28.8 Å². The molecule has 1 atom stereocenters. The maximum absolute atomic E-state index is 13.7. The Labute approximate surface area is 173 Å². The number of amides is 1. The number of para-hydroxylation sites is 1. The molecule has 3 aromatic rings. The zero-order valence-corrected chi connectivity index (χ0v) is 16.4. The van der Waals surface area contributed by atoms with Crippen LogP contribution in [0.1, 0.15) is 47.0 Å². The van der Waals surface area contributed by atoms with E-state index in [4.69, 9.17) is 9.26 Å². The number of halogens is 2. The van der Waals surface area contributed by atoms with Crippen molar-refractivity contribution in [3.8, 4) is 5.75 Å². The standard InChI is InChI=1S/C23H22F2N2O3/c24-19-9-4-10-20(25)22(19)29-15-18-14-21(26-30-18)23(28)27-12-5-8-17(11-13-27)16-6-2-1-3-7-16/h1-4,6-7,9-10,14,17H,5,8,11-13,15H2/t17-/m1/s1. The van der Waals surface area contributed by atoms with Crippen LogP contribution in [0.3, 0.4) is 0 Å². The van der Waals surface area contributed by atoms with E-state index in [2.05, 4.69) is 17.3 Å². The molecule has 2 heterocycles. The molecule has 0 unspecified atom stereocenters. The van der Waals surface area contributed by atoms with E-state index < -0.39 is 17.4 Å². The van der Waals surface area contributed by atoms with Crippen LogP contribution in [-0.4, -0.2) is 29.1 Å². The average molecular weight is 412 g/mol. The van der Waals surface area contributed by atoms with Crippen LogP contribution in [0.15, 0.2) is 59.1 Å². The summed E-state index contributed by atoms with van der Waals surface area (Å²) in [5, 5.41) is 3.82. The molecule has 7 heteroatoms. The monoisotopic (exact) mass is 412 g/mol. The predicted molar refractivity (Wildman–Crippen MR) is 106 cm³/mol. The summed E-state index contributed by atoms with van der Waals surface area (Å²) in [5.74, 6) is -1.65. The highest BCUT2D eigenvalue weighted by Crippen LogP contribution is 2.28. The zero-order chi connectivity index (χ0) is 20.9. The van der Waals surface area contributed by atoms with Crippen LogP contribution in [-0.2, 0) is 6.61 Å². The fraction of sp³-hybridized carbons (Fsp3) is 0.304. The first kappa shape index (κ1) is 20.1. The second kappa shape index (κ2) is 9.07. The summed E-state index contributed by atoms with van der Waals surface area (Å²) in [6.45, 7) is 1.06. The number of carbonyl (C=O) groups excluding carboxylic acids is 1. The molecule has 0 N–H and O–H groups in total. The molecule has 0 spiro atoms. The lowest BCUT2D eigenvalue weighted by atomic mass is 9.92. The summed E-state index contributed by atoms with van der Waals surface area (Å²) in [4.78, 5) is 14.6. The molecule has 0 bridgehead atoms. The number of ether oxygens (including phenoxy) is 1. The third-order valence-electron chi connectivity index (χ3n) is 5.34. The molecule has 1 aliphatic heterocycles. The molecule has 1 aromatic heterocycles. The fourth-order valence-corrected chi connectivity index (χ4v) is 3.77. The Morgan fingerprint density at radius 2 is 1.83 bits per heavy atom. The number of nitrogens with zero attached hydrogens (tertiary/aromatic N) is 2. The Bertz CT molecular complexity index is 986. The number of hydrogen-bond donors (Lipinski definition) is 0. The van der Waals surface area contributed by atoms with Crippen LogP contribution in [0, 0.1) is 11.6 Å². The molecule has 5 nitrogen and oxygen atoms in total. The lowest BCUT2D eigenvalue weighted by Gasteiger charge is -2.19. The minimum absolute atomic E-state index is 0.167. The number of aromatic nitrogens is 1. The van der Waals surface area contributed by atoms with Gasteiger partial charge in [0.25, 0.3) is 5.91 Å². The van der Waals surface area contributed by atoms with Crippen molar-refractivity contribution in [2.75, 3.05) is 13.1 Å². The lowest BCUT2D eigenvalue weighted by Crippen LogP contribution is -2.32. The van der Waals surface area contributed by atoms with Gasteiger partial charge in [0.2, 0.25) is 0 Å². The number of hydrogen-bond acceptors (Lipinski definition) is 4. The molecule has 30 heavy (non-hydrogen) atoms. The van der Waals surface area contributed by atoms with Gasteiger partial charge in [0.1, 0.15) is 6.61 Å². The summed E-state index contributed by atoms with van der Waals surface area (Å²) in [7, 11) is 0. The van der Waals surface area contributed by atoms with Crippen LogP contribution in [0.25, 0.3) is 0 Å². The van der Waals surface area contributed by atoms with Gasteiger partial charge in [-0.25, -0.2) is 8.78 Å². The molecule has 0 radical (unpaired) electrons. The normalized spacial score (nSPS) is 16.9. The molecule has 156 valence electrons. The third-order valence-corrected chi connectivity index (χ3v) is 5.34. The molecule has 1 fully saturated rings. The van der Waals surface area contributed by atoms with Gasteiger partial charge in [-0.1, -0.05) is 41.6 Å². The Balaban J connectivity index is 1.37. The van der Waals surface area contributed by atoms with Crippen LogP contribution in [0.4, 0.5) is 8.78 Å².